The predicted molar refractivity (Wildman–Crippen MR) is 171 cm³/mol. The highest BCUT2D eigenvalue weighted by Crippen LogP contribution is 2.37. The molecule has 8 nitrogen and oxygen atoms in total. The first-order valence-electron chi connectivity index (χ1n) is 14.3. The van der Waals surface area contributed by atoms with Crippen LogP contribution in [0.5, 0.6) is 0 Å². The molecule has 1 N–H and O–H groups in total. The first-order chi connectivity index (χ1) is 19.2. The molecule has 4 rings (SSSR count). The van der Waals surface area contributed by atoms with Crippen molar-refractivity contribution in [3.05, 3.63) is 66.2 Å². The third-order valence-electron chi connectivity index (χ3n) is 7.64. The molecule has 2 atom stereocenters. The molecular weight excluding hydrogens is 549 g/mol. The minimum atomic E-state index is -1.89. The van der Waals surface area contributed by atoms with Crippen molar-refractivity contribution in [2.75, 3.05) is 0 Å². The summed E-state index contributed by atoms with van der Waals surface area (Å²) in [5.41, 5.74) is 3.51. The van der Waals surface area contributed by atoms with Gasteiger partial charge in [-0.15, -0.1) is 4.72 Å². The third-order valence-corrected chi connectivity index (χ3v) is 13.7. The lowest BCUT2D eigenvalue weighted by Gasteiger charge is -2.36. The van der Waals surface area contributed by atoms with Crippen LogP contribution in [0.3, 0.4) is 0 Å². The van der Waals surface area contributed by atoms with Gasteiger partial charge in [0.2, 0.25) is 0 Å². The highest BCUT2D eigenvalue weighted by molar-refractivity contribution is 7.90. The Kier molecular flexibility index (Phi) is 9.40. The Morgan fingerprint density at radius 1 is 1.05 bits per heavy atom. The SMILES string of the molecule is CCC[C@@H](N[S@+]([O-])C(C)(C)C)c1ccnc(-c2ccc3cnn(-c4cccc(CO[Si](C)(C)C(C)(C)C)n4)c3c2)n1. The van der Waals surface area contributed by atoms with Gasteiger partial charge in [0.25, 0.3) is 0 Å². The maximum atomic E-state index is 12.9. The quantitative estimate of drug-likeness (QED) is 0.152. The molecule has 10 heteroatoms. The molecule has 0 amide bonds. The fourth-order valence-corrected chi connectivity index (χ4v) is 5.84. The molecule has 0 unspecified atom stereocenters. The van der Waals surface area contributed by atoms with E-state index in [0.717, 1.165) is 46.5 Å². The molecular formula is C31H44N6O2SSi. The monoisotopic (exact) mass is 592 g/mol. The maximum Gasteiger partial charge on any atom is 0.192 e. The highest BCUT2D eigenvalue weighted by atomic mass is 32.2. The van der Waals surface area contributed by atoms with Crippen LogP contribution in [0.15, 0.2) is 54.9 Å². The lowest BCUT2D eigenvalue weighted by Crippen LogP contribution is -2.41. The van der Waals surface area contributed by atoms with Gasteiger partial charge in [-0.3, -0.25) is 0 Å². The summed E-state index contributed by atoms with van der Waals surface area (Å²) in [5.74, 6) is 1.35. The number of nitrogens with one attached hydrogen (secondary N) is 1. The van der Waals surface area contributed by atoms with Gasteiger partial charge in [-0.2, -0.15) is 5.10 Å². The molecule has 0 saturated carbocycles. The van der Waals surface area contributed by atoms with Crippen molar-refractivity contribution < 1.29 is 8.98 Å². The Labute approximate surface area is 248 Å². The van der Waals surface area contributed by atoms with E-state index in [-0.39, 0.29) is 15.8 Å². The summed E-state index contributed by atoms with van der Waals surface area (Å²) in [6.45, 7) is 19.7. The number of benzene rings is 1. The van der Waals surface area contributed by atoms with E-state index in [0.29, 0.717) is 12.4 Å². The van der Waals surface area contributed by atoms with Crippen molar-refractivity contribution >= 4 is 30.6 Å². The first kappa shape index (κ1) is 31.3. The van der Waals surface area contributed by atoms with Crippen molar-refractivity contribution in [3.8, 4) is 17.2 Å². The molecule has 4 aromatic rings. The zero-order valence-corrected chi connectivity index (χ0v) is 27.7. The predicted octanol–water partition coefficient (Wildman–Crippen LogP) is 7.29. The van der Waals surface area contributed by atoms with Gasteiger partial charge in [0, 0.05) is 28.5 Å². The maximum absolute atomic E-state index is 12.9. The molecule has 41 heavy (non-hydrogen) atoms. The molecule has 3 aromatic heterocycles. The molecule has 0 aliphatic rings. The van der Waals surface area contributed by atoms with E-state index in [1.807, 2.05) is 68.0 Å². The summed E-state index contributed by atoms with van der Waals surface area (Å²) in [4.78, 5) is 14.4. The van der Waals surface area contributed by atoms with Crippen LogP contribution in [0.4, 0.5) is 0 Å². The van der Waals surface area contributed by atoms with Gasteiger partial charge in [0.15, 0.2) is 20.0 Å². The van der Waals surface area contributed by atoms with Gasteiger partial charge in [-0.1, -0.05) is 52.3 Å². The minimum absolute atomic E-state index is 0.128. The smallest absolute Gasteiger partial charge is 0.192 e. The molecule has 3 heterocycles. The molecule has 0 fully saturated rings. The van der Waals surface area contributed by atoms with Crippen molar-refractivity contribution in [2.45, 2.75) is 96.8 Å². The number of nitrogens with zero attached hydrogens (tertiary/aromatic N) is 5. The van der Waals surface area contributed by atoms with E-state index in [2.05, 4.69) is 61.7 Å². The van der Waals surface area contributed by atoms with Crippen LogP contribution < -0.4 is 4.72 Å². The van der Waals surface area contributed by atoms with Crippen LogP contribution in [0.1, 0.15) is 78.7 Å². The number of hydrogen-bond acceptors (Lipinski definition) is 7. The van der Waals surface area contributed by atoms with E-state index in [4.69, 9.17) is 14.4 Å². The molecule has 0 aliphatic heterocycles. The Morgan fingerprint density at radius 2 is 1.80 bits per heavy atom. The van der Waals surface area contributed by atoms with Crippen LogP contribution in [-0.2, 0) is 22.4 Å². The van der Waals surface area contributed by atoms with Gasteiger partial charge in [-0.05, 0) is 69.6 Å². The van der Waals surface area contributed by atoms with Crippen LogP contribution in [0.2, 0.25) is 18.1 Å². The summed E-state index contributed by atoms with van der Waals surface area (Å²) in [5, 5.41) is 5.79. The van der Waals surface area contributed by atoms with Gasteiger partial charge < -0.3 is 8.98 Å². The van der Waals surface area contributed by atoms with E-state index in [1.165, 1.54) is 0 Å². The third kappa shape index (κ3) is 7.42. The zero-order chi connectivity index (χ0) is 30.0. The van der Waals surface area contributed by atoms with Gasteiger partial charge >= 0.3 is 0 Å². The average Bonchev–Trinajstić information content (AvgIpc) is 3.34. The van der Waals surface area contributed by atoms with Crippen molar-refractivity contribution in [1.29, 1.82) is 0 Å². The Bertz CT molecular complexity index is 1480. The van der Waals surface area contributed by atoms with Gasteiger partial charge in [0.05, 0.1) is 35.8 Å². The summed E-state index contributed by atoms with van der Waals surface area (Å²) in [6, 6.07) is 13.8. The van der Waals surface area contributed by atoms with E-state index < -0.39 is 19.7 Å². The normalized spacial score (nSPS) is 14.4. The summed E-state index contributed by atoms with van der Waals surface area (Å²) >= 11 is -1.21. The fourth-order valence-electron chi connectivity index (χ4n) is 4.04. The lowest BCUT2D eigenvalue weighted by molar-refractivity contribution is 0.272. The van der Waals surface area contributed by atoms with Crippen LogP contribution in [0, 0.1) is 0 Å². The molecule has 0 aliphatic carbocycles. The van der Waals surface area contributed by atoms with E-state index >= 15 is 0 Å². The summed E-state index contributed by atoms with van der Waals surface area (Å²) in [6.07, 6.45) is 5.39. The molecule has 0 radical (unpaired) electrons. The van der Waals surface area contributed by atoms with Crippen LogP contribution in [0.25, 0.3) is 28.1 Å². The van der Waals surface area contributed by atoms with Crippen molar-refractivity contribution in [3.63, 3.8) is 0 Å². The Hall–Kier alpha value is -2.63. The topological polar surface area (TPSA) is 101 Å². The van der Waals surface area contributed by atoms with E-state index in [1.54, 1.807) is 6.20 Å². The number of pyridine rings is 1. The molecule has 1 aromatic carbocycles. The zero-order valence-electron chi connectivity index (χ0n) is 25.9. The molecule has 0 bridgehead atoms. The summed E-state index contributed by atoms with van der Waals surface area (Å²) in [7, 11) is -1.89. The number of hydrogen-bond donors (Lipinski definition) is 1. The lowest BCUT2D eigenvalue weighted by atomic mass is 10.1. The first-order valence-corrected chi connectivity index (χ1v) is 18.3. The van der Waals surface area contributed by atoms with Crippen molar-refractivity contribution in [1.82, 2.24) is 29.5 Å². The van der Waals surface area contributed by atoms with Crippen LogP contribution >= 0.6 is 0 Å². The minimum Gasteiger partial charge on any atom is -0.598 e. The van der Waals surface area contributed by atoms with Crippen molar-refractivity contribution in [2.24, 2.45) is 0 Å². The largest absolute Gasteiger partial charge is 0.598 e. The van der Waals surface area contributed by atoms with Gasteiger partial charge in [-0.25, -0.2) is 19.6 Å². The fraction of sp³-hybridized carbons (Fsp3) is 0.484. The average molecular weight is 593 g/mol. The number of aromatic nitrogens is 5. The van der Waals surface area contributed by atoms with Gasteiger partial charge in [0.1, 0.15) is 4.75 Å². The van der Waals surface area contributed by atoms with Crippen LogP contribution in [-0.4, -0.2) is 42.3 Å². The molecule has 0 saturated heterocycles. The molecule has 220 valence electrons. The number of fused-ring (bicyclic) bond motifs is 1. The standard InChI is InChI=1S/C31H44N6O2SSi/c1-10-12-26(36-40(38)30(2,3)4)25-17-18-32-29(35-25)22-15-16-23-20-33-37(27(23)19-22)28-14-11-13-24(34-28)21-39-41(8,9)31(5,6)7/h11,13-20,26,36H,10,12,21H2,1-9H3/t26-,40-/m1/s1. The Balaban J connectivity index is 1.63. The second kappa shape index (κ2) is 12.3. The van der Waals surface area contributed by atoms with E-state index in [9.17, 15) is 4.55 Å². The summed E-state index contributed by atoms with van der Waals surface area (Å²) < 4.78 is 24.1. The number of rotatable bonds is 10. The highest BCUT2D eigenvalue weighted by Gasteiger charge is 2.37. The Morgan fingerprint density at radius 3 is 2.49 bits per heavy atom. The second-order valence-electron chi connectivity index (χ2n) is 13.0. The second-order valence-corrected chi connectivity index (χ2v) is 19.8. The molecule has 0 spiro atoms.